The summed E-state index contributed by atoms with van der Waals surface area (Å²) in [5.41, 5.74) is 2.83. The molecule has 0 radical (unpaired) electrons. The normalized spacial score (nSPS) is 9.77. The SMILES string of the molecule is CCC(=O)c1cc(C)ccc1NC. The summed E-state index contributed by atoms with van der Waals surface area (Å²) in [5, 5.41) is 3.02. The van der Waals surface area contributed by atoms with Gasteiger partial charge in [0.1, 0.15) is 0 Å². The molecule has 0 heterocycles. The Morgan fingerprint density at radius 1 is 1.46 bits per heavy atom. The van der Waals surface area contributed by atoms with Crippen molar-refractivity contribution in [1.29, 1.82) is 0 Å². The van der Waals surface area contributed by atoms with E-state index in [9.17, 15) is 4.79 Å². The minimum Gasteiger partial charge on any atom is -0.388 e. The van der Waals surface area contributed by atoms with Crippen LogP contribution in [0.5, 0.6) is 0 Å². The quantitative estimate of drug-likeness (QED) is 0.719. The number of anilines is 1. The Morgan fingerprint density at radius 2 is 2.15 bits per heavy atom. The van der Waals surface area contributed by atoms with Gasteiger partial charge in [-0.25, -0.2) is 0 Å². The van der Waals surface area contributed by atoms with Crippen LogP contribution in [-0.4, -0.2) is 12.8 Å². The molecule has 0 aromatic heterocycles. The summed E-state index contributed by atoms with van der Waals surface area (Å²) < 4.78 is 0. The van der Waals surface area contributed by atoms with Crippen molar-refractivity contribution in [2.75, 3.05) is 12.4 Å². The van der Waals surface area contributed by atoms with Gasteiger partial charge in [0.2, 0.25) is 0 Å². The predicted molar refractivity (Wildman–Crippen MR) is 55.3 cm³/mol. The highest BCUT2D eigenvalue weighted by Crippen LogP contribution is 2.18. The molecule has 1 aromatic rings. The molecule has 1 N–H and O–H groups in total. The van der Waals surface area contributed by atoms with Gasteiger partial charge < -0.3 is 5.32 Å². The van der Waals surface area contributed by atoms with Crippen LogP contribution in [0, 0.1) is 6.92 Å². The van der Waals surface area contributed by atoms with Gasteiger partial charge in [-0.15, -0.1) is 0 Å². The van der Waals surface area contributed by atoms with E-state index in [-0.39, 0.29) is 5.78 Å². The Bertz CT molecular complexity index is 318. The lowest BCUT2D eigenvalue weighted by molar-refractivity contribution is 0.0989. The fraction of sp³-hybridized carbons (Fsp3) is 0.364. The van der Waals surface area contributed by atoms with Gasteiger partial charge in [0.15, 0.2) is 5.78 Å². The van der Waals surface area contributed by atoms with Crippen LogP contribution in [0.2, 0.25) is 0 Å². The lowest BCUT2D eigenvalue weighted by Gasteiger charge is -2.07. The number of ketones is 1. The summed E-state index contributed by atoms with van der Waals surface area (Å²) in [6.07, 6.45) is 0.554. The van der Waals surface area contributed by atoms with Crippen molar-refractivity contribution in [3.8, 4) is 0 Å². The van der Waals surface area contributed by atoms with Crippen molar-refractivity contribution in [1.82, 2.24) is 0 Å². The maximum atomic E-state index is 11.5. The maximum absolute atomic E-state index is 11.5. The van der Waals surface area contributed by atoms with E-state index in [1.807, 2.05) is 39.1 Å². The van der Waals surface area contributed by atoms with Crippen molar-refractivity contribution in [2.24, 2.45) is 0 Å². The zero-order valence-electron chi connectivity index (χ0n) is 8.35. The zero-order valence-corrected chi connectivity index (χ0v) is 8.35. The highest BCUT2D eigenvalue weighted by atomic mass is 16.1. The van der Waals surface area contributed by atoms with E-state index in [1.54, 1.807) is 0 Å². The lowest BCUT2D eigenvalue weighted by atomic mass is 10.0. The molecule has 2 nitrogen and oxygen atoms in total. The number of aryl methyl sites for hydroxylation is 1. The Labute approximate surface area is 79.0 Å². The van der Waals surface area contributed by atoms with E-state index >= 15 is 0 Å². The molecule has 0 aliphatic carbocycles. The highest BCUT2D eigenvalue weighted by Gasteiger charge is 2.07. The van der Waals surface area contributed by atoms with Crippen molar-refractivity contribution in [3.63, 3.8) is 0 Å². The number of hydrogen-bond donors (Lipinski definition) is 1. The minimum atomic E-state index is 0.188. The summed E-state index contributed by atoms with van der Waals surface area (Å²) in [6.45, 7) is 3.87. The molecule has 0 saturated heterocycles. The van der Waals surface area contributed by atoms with Crippen molar-refractivity contribution < 1.29 is 4.79 Å². The predicted octanol–water partition coefficient (Wildman–Crippen LogP) is 2.63. The van der Waals surface area contributed by atoms with Gasteiger partial charge in [-0.2, -0.15) is 0 Å². The van der Waals surface area contributed by atoms with E-state index in [1.165, 1.54) is 0 Å². The standard InChI is InChI=1S/C11H15NO/c1-4-11(13)9-7-8(2)5-6-10(9)12-3/h5-7,12H,4H2,1-3H3. The fourth-order valence-electron chi connectivity index (χ4n) is 1.30. The number of hydrogen-bond acceptors (Lipinski definition) is 2. The molecular formula is C11H15NO. The molecule has 0 bridgehead atoms. The van der Waals surface area contributed by atoms with Crippen LogP contribution in [0.25, 0.3) is 0 Å². The molecule has 0 aliphatic rings. The number of rotatable bonds is 3. The van der Waals surface area contributed by atoms with Crippen LogP contribution in [0.3, 0.4) is 0 Å². The molecular weight excluding hydrogens is 162 g/mol. The van der Waals surface area contributed by atoms with Gasteiger partial charge in [0.25, 0.3) is 0 Å². The summed E-state index contributed by atoms with van der Waals surface area (Å²) >= 11 is 0. The second kappa shape index (κ2) is 4.08. The van der Waals surface area contributed by atoms with Gasteiger partial charge >= 0.3 is 0 Å². The molecule has 0 amide bonds. The second-order valence-corrected chi connectivity index (χ2v) is 3.08. The van der Waals surface area contributed by atoms with E-state index < -0.39 is 0 Å². The fourth-order valence-corrected chi connectivity index (χ4v) is 1.30. The number of nitrogens with one attached hydrogen (secondary N) is 1. The summed E-state index contributed by atoms with van der Waals surface area (Å²) in [7, 11) is 1.83. The topological polar surface area (TPSA) is 29.1 Å². The molecule has 1 aromatic carbocycles. The molecule has 0 spiro atoms. The maximum Gasteiger partial charge on any atom is 0.164 e. The second-order valence-electron chi connectivity index (χ2n) is 3.08. The molecule has 0 unspecified atom stereocenters. The van der Waals surface area contributed by atoms with Crippen LogP contribution in [0.4, 0.5) is 5.69 Å². The van der Waals surface area contributed by atoms with Crippen LogP contribution in [-0.2, 0) is 0 Å². The zero-order chi connectivity index (χ0) is 9.84. The van der Waals surface area contributed by atoms with Crippen molar-refractivity contribution in [2.45, 2.75) is 20.3 Å². The van der Waals surface area contributed by atoms with Crippen LogP contribution < -0.4 is 5.32 Å². The Hall–Kier alpha value is -1.31. The first-order chi connectivity index (χ1) is 6.19. The van der Waals surface area contributed by atoms with Crippen LogP contribution in [0.15, 0.2) is 18.2 Å². The summed E-state index contributed by atoms with van der Waals surface area (Å²) in [4.78, 5) is 11.5. The Kier molecular flexibility index (Phi) is 3.07. The van der Waals surface area contributed by atoms with Crippen molar-refractivity contribution >= 4 is 11.5 Å². The van der Waals surface area contributed by atoms with E-state index in [4.69, 9.17) is 0 Å². The van der Waals surface area contributed by atoms with Crippen LogP contribution in [0.1, 0.15) is 29.3 Å². The van der Waals surface area contributed by atoms with E-state index in [0.717, 1.165) is 16.8 Å². The van der Waals surface area contributed by atoms with E-state index in [2.05, 4.69) is 5.32 Å². The molecule has 13 heavy (non-hydrogen) atoms. The first-order valence-electron chi connectivity index (χ1n) is 4.50. The van der Waals surface area contributed by atoms with E-state index in [0.29, 0.717) is 6.42 Å². The largest absolute Gasteiger partial charge is 0.388 e. The van der Waals surface area contributed by atoms with Gasteiger partial charge in [0.05, 0.1) is 0 Å². The monoisotopic (exact) mass is 177 g/mol. The number of carbonyl (C=O) groups is 1. The number of Topliss-reactive ketones (excluding diaryl/α,β-unsaturated/α-hetero) is 1. The lowest BCUT2D eigenvalue weighted by Crippen LogP contribution is -2.02. The smallest absolute Gasteiger partial charge is 0.164 e. The van der Waals surface area contributed by atoms with Crippen LogP contribution >= 0.6 is 0 Å². The van der Waals surface area contributed by atoms with Gasteiger partial charge in [-0.1, -0.05) is 18.6 Å². The summed E-state index contributed by atoms with van der Waals surface area (Å²) in [6, 6.07) is 5.87. The van der Waals surface area contributed by atoms with Gasteiger partial charge in [-0.05, 0) is 19.1 Å². The molecule has 0 atom stereocenters. The minimum absolute atomic E-state index is 0.188. The highest BCUT2D eigenvalue weighted by molar-refractivity contribution is 6.01. The van der Waals surface area contributed by atoms with Gasteiger partial charge in [-0.3, -0.25) is 4.79 Å². The molecule has 0 aliphatic heterocycles. The average Bonchev–Trinajstić information content (AvgIpc) is 2.16. The third kappa shape index (κ3) is 2.08. The molecule has 0 fully saturated rings. The first kappa shape index (κ1) is 9.78. The third-order valence-corrected chi connectivity index (χ3v) is 2.07. The number of benzene rings is 1. The summed E-state index contributed by atoms with van der Waals surface area (Å²) in [5.74, 6) is 0.188. The Morgan fingerprint density at radius 3 is 2.69 bits per heavy atom. The first-order valence-corrected chi connectivity index (χ1v) is 4.50. The molecule has 70 valence electrons. The average molecular weight is 177 g/mol. The molecule has 2 heteroatoms. The Balaban J connectivity index is 3.15. The van der Waals surface area contributed by atoms with Gasteiger partial charge in [0, 0.05) is 24.7 Å². The molecule has 0 saturated carbocycles. The molecule has 1 rings (SSSR count). The number of carbonyl (C=O) groups excluding carboxylic acids is 1. The van der Waals surface area contributed by atoms with Crippen molar-refractivity contribution in [3.05, 3.63) is 29.3 Å². The third-order valence-electron chi connectivity index (χ3n) is 2.07.